The summed E-state index contributed by atoms with van der Waals surface area (Å²) in [6.07, 6.45) is 5.23. The van der Waals surface area contributed by atoms with Crippen LogP contribution in [0.5, 0.6) is 5.75 Å². The second-order valence-corrected chi connectivity index (χ2v) is 8.30. The van der Waals surface area contributed by atoms with Crippen molar-refractivity contribution in [1.82, 2.24) is 29.6 Å². The lowest BCUT2D eigenvalue weighted by molar-refractivity contribution is 0.384. The van der Waals surface area contributed by atoms with Crippen molar-refractivity contribution in [3.8, 4) is 17.0 Å². The maximum absolute atomic E-state index is 15.0. The minimum atomic E-state index is -0.854. The normalized spacial score (nSPS) is 12.2. The zero-order valence-corrected chi connectivity index (χ0v) is 19.8. The molecule has 0 saturated carbocycles. The predicted octanol–water partition coefficient (Wildman–Crippen LogP) is 3.66. The first-order chi connectivity index (χ1) is 16.3. The predicted molar refractivity (Wildman–Crippen MR) is 126 cm³/mol. The zero-order valence-electron chi connectivity index (χ0n) is 19.8. The van der Waals surface area contributed by atoms with Gasteiger partial charge in [-0.05, 0) is 30.7 Å². The lowest BCUT2D eigenvalue weighted by Crippen LogP contribution is -2.31. The molecule has 0 aliphatic heterocycles. The van der Waals surface area contributed by atoms with Gasteiger partial charge in [0.05, 0.1) is 25.2 Å². The van der Waals surface area contributed by atoms with Gasteiger partial charge in [0.15, 0.2) is 23.0 Å². The van der Waals surface area contributed by atoms with E-state index in [2.05, 4.69) is 20.4 Å². The highest BCUT2D eigenvalue weighted by molar-refractivity contribution is 5.73. The molecule has 0 spiro atoms. The number of aryl methyl sites for hydroxylation is 2. The summed E-state index contributed by atoms with van der Waals surface area (Å²) in [4.78, 5) is 13.7. The molecule has 0 unspecified atom stereocenters. The van der Waals surface area contributed by atoms with E-state index in [1.807, 2.05) is 31.7 Å². The molecular formula is C24H27F2N7O. The second kappa shape index (κ2) is 9.68. The zero-order chi connectivity index (χ0) is 24.4. The summed E-state index contributed by atoms with van der Waals surface area (Å²) >= 11 is 0. The molecule has 0 fully saturated rings. The van der Waals surface area contributed by atoms with Crippen LogP contribution in [0.3, 0.4) is 0 Å². The van der Waals surface area contributed by atoms with Gasteiger partial charge >= 0.3 is 0 Å². The maximum atomic E-state index is 15.0. The molecule has 0 saturated heterocycles. The van der Waals surface area contributed by atoms with Crippen LogP contribution in [0, 0.1) is 18.6 Å². The quantitative estimate of drug-likeness (QED) is 0.449. The van der Waals surface area contributed by atoms with Crippen LogP contribution in [0.1, 0.15) is 19.4 Å². The van der Waals surface area contributed by atoms with Gasteiger partial charge in [-0.15, -0.1) is 0 Å². The average molecular weight is 468 g/mol. The Bertz CT molecular complexity index is 1410. The van der Waals surface area contributed by atoms with Crippen LogP contribution in [0.2, 0.25) is 0 Å². The van der Waals surface area contributed by atoms with Gasteiger partial charge in [0, 0.05) is 37.9 Å². The summed E-state index contributed by atoms with van der Waals surface area (Å²) in [5.74, 6) is -1.65. The molecule has 0 aliphatic rings. The van der Waals surface area contributed by atoms with Crippen LogP contribution in [0.15, 0.2) is 41.8 Å². The molecule has 4 rings (SSSR count). The third kappa shape index (κ3) is 4.67. The molecule has 34 heavy (non-hydrogen) atoms. The minimum Gasteiger partial charge on any atom is -0.494 e. The van der Waals surface area contributed by atoms with Gasteiger partial charge in [0.1, 0.15) is 16.7 Å². The van der Waals surface area contributed by atoms with Crippen LogP contribution in [0.4, 0.5) is 14.5 Å². The molecule has 0 amide bonds. The van der Waals surface area contributed by atoms with Gasteiger partial charge in [-0.2, -0.15) is 5.10 Å². The first-order valence-corrected chi connectivity index (χ1v) is 10.9. The van der Waals surface area contributed by atoms with Crippen molar-refractivity contribution in [3.05, 3.63) is 59.5 Å². The van der Waals surface area contributed by atoms with Crippen LogP contribution < -0.4 is 15.5 Å². The highest BCUT2D eigenvalue weighted by atomic mass is 19.1. The van der Waals surface area contributed by atoms with Gasteiger partial charge < -0.3 is 14.6 Å². The Balaban J connectivity index is 1.95. The molecule has 0 aliphatic carbocycles. The largest absolute Gasteiger partial charge is 0.494 e. The van der Waals surface area contributed by atoms with Crippen molar-refractivity contribution in [2.75, 3.05) is 13.7 Å². The minimum absolute atomic E-state index is 0.0647. The lowest BCUT2D eigenvalue weighted by atomic mass is 10.2. The monoisotopic (exact) mass is 467 g/mol. The molecule has 10 heteroatoms. The Morgan fingerprint density at radius 2 is 1.97 bits per heavy atom. The number of methoxy groups -OCH3 is 1. The molecule has 3 aromatic heterocycles. The number of hydrogen-bond donors (Lipinski definition) is 1. The van der Waals surface area contributed by atoms with Crippen molar-refractivity contribution in [1.29, 1.82) is 0 Å². The van der Waals surface area contributed by atoms with Gasteiger partial charge in [0.2, 0.25) is 0 Å². The summed E-state index contributed by atoms with van der Waals surface area (Å²) in [6, 6.07) is 5.01. The van der Waals surface area contributed by atoms with Gasteiger partial charge in [-0.25, -0.2) is 18.8 Å². The van der Waals surface area contributed by atoms with Crippen LogP contribution in [-0.2, 0) is 13.6 Å². The summed E-state index contributed by atoms with van der Waals surface area (Å²) in [6.45, 7) is 6.70. The number of aromatic nitrogens is 5. The number of nitrogens with one attached hydrogen (secondary N) is 1. The number of hydrogen-bond acceptors (Lipinski definition) is 6. The van der Waals surface area contributed by atoms with E-state index in [1.165, 1.54) is 13.2 Å². The standard InChI is InChI=1S/C24H27F2N7O/c1-14(2)27-8-9-33-20(31-23-21(25)15(3)10-19(34-5)22(23)26)7-6-17-24(33)30-18(12-28-17)16-11-29-32(4)13-16/h6-7,10-14,27H,8-9H2,1-5H3. The topological polar surface area (TPSA) is 82.2 Å². The van der Waals surface area contributed by atoms with Crippen molar-refractivity contribution < 1.29 is 13.5 Å². The smallest absolute Gasteiger partial charge is 0.193 e. The summed E-state index contributed by atoms with van der Waals surface area (Å²) in [5, 5.41) is 7.56. The van der Waals surface area contributed by atoms with Gasteiger partial charge in [-0.3, -0.25) is 9.67 Å². The highest BCUT2D eigenvalue weighted by Gasteiger charge is 2.18. The van der Waals surface area contributed by atoms with E-state index in [-0.39, 0.29) is 17.4 Å². The van der Waals surface area contributed by atoms with Crippen LogP contribution in [0.25, 0.3) is 22.4 Å². The number of benzene rings is 1. The first-order valence-electron chi connectivity index (χ1n) is 10.9. The van der Waals surface area contributed by atoms with E-state index in [9.17, 15) is 8.78 Å². The molecule has 4 aromatic rings. The fourth-order valence-electron chi connectivity index (χ4n) is 3.62. The number of nitrogens with zero attached hydrogens (tertiary/aromatic N) is 6. The van der Waals surface area contributed by atoms with Crippen LogP contribution >= 0.6 is 0 Å². The number of ether oxygens (including phenoxy) is 1. The van der Waals surface area contributed by atoms with Gasteiger partial charge in [-0.1, -0.05) is 13.8 Å². The van der Waals surface area contributed by atoms with E-state index >= 15 is 0 Å². The Morgan fingerprint density at radius 3 is 2.65 bits per heavy atom. The second-order valence-electron chi connectivity index (χ2n) is 8.30. The van der Waals surface area contributed by atoms with Crippen LogP contribution in [-0.4, -0.2) is 44.0 Å². The van der Waals surface area contributed by atoms with E-state index in [0.717, 1.165) is 5.56 Å². The first kappa shape index (κ1) is 23.5. The molecule has 1 N–H and O–H groups in total. The molecule has 0 bridgehead atoms. The van der Waals surface area contributed by atoms with Gasteiger partial charge in [0.25, 0.3) is 0 Å². The number of fused-ring (bicyclic) bond motifs is 1. The number of rotatable bonds is 7. The summed E-state index contributed by atoms with van der Waals surface area (Å²) in [7, 11) is 3.16. The SMILES string of the molecule is COc1cc(C)c(F)c(N=c2ccc3ncc(-c4cnn(C)c4)nc3n2CCNC(C)C)c1F. The summed E-state index contributed by atoms with van der Waals surface area (Å²) in [5.41, 5.74) is 2.82. The maximum Gasteiger partial charge on any atom is 0.193 e. The summed E-state index contributed by atoms with van der Waals surface area (Å²) < 4.78 is 38.4. The van der Waals surface area contributed by atoms with Crippen molar-refractivity contribution in [2.24, 2.45) is 12.0 Å². The number of halogens is 2. The fraction of sp³-hybridized carbons (Fsp3) is 0.333. The molecule has 1 aromatic carbocycles. The molecular weight excluding hydrogens is 440 g/mol. The van der Waals surface area contributed by atoms with Crippen molar-refractivity contribution >= 4 is 16.9 Å². The Labute approximate surface area is 196 Å². The average Bonchev–Trinajstić information content (AvgIpc) is 3.25. The van der Waals surface area contributed by atoms with E-state index < -0.39 is 17.3 Å². The Hall–Kier alpha value is -3.66. The van der Waals surface area contributed by atoms with E-state index in [0.29, 0.717) is 35.4 Å². The lowest BCUT2D eigenvalue weighted by Gasteiger charge is -2.14. The van der Waals surface area contributed by atoms with E-state index in [1.54, 1.807) is 36.1 Å². The molecule has 3 heterocycles. The van der Waals surface area contributed by atoms with E-state index in [4.69, 9.17) is 9.72 Å². The molecule has 8 nitrogen and oxygen atoms in total. The fourth-order valence-corrected chi connectivity index (χ4v) is 3.62. The third-order valence-electron chi connectivity index (χ3n) is 5.36. The number of pyridine rings is 1. The Kier molecular flexibility index (Phi) is 6.69. The highest BCUT2D eigenvalue weighted by Crippen LogP contribution is 2.32. The van der Waals surface area contributed by atoms with Crippen molar-refractivity contribution in [2.45, 2.75) is 33.4 Å². The van der Waals surface area contributed by atoms with Crippen molar-refractivity contribution in [3.63, 3.8) is 0 Å². The Morgan fingerprint density at radius 1 is 1.18 bits per heavy atom. The third-order valence-corrected chi connectivity index (χ3v) is 5.36. The molecule has 178 valence electrons. The molecule has 0 radical (unpaired) electrons. The molecule has 0 atom stereocenters.